The number of rotatable bonds is 2. The van der Waals surface area contributed by atoms with E-state index < -0.39 is 0 Å². The lowest BCUT2D eigenvalue weighted by Crippen LogP contribution is -1.79. The van der Waals surface area contributed by atoms with Gasteiger partial charge < -0.3 is 0 Å². The molecule has 0 atom stereocenters. The van der Waals surface area contributed by atoms with Crippen LogP contribution in [0.4, 0.5) is 0 Å². The van der Waals surface area contributed by atoms with Crippen molar-refractivity contribution in [3.63, 3.8) is 0 Å². The molecular formula is C9H6N2OS. The van der Waals surface area contributed by atoms with Crippen LogP contribution in [-0.2, 0) is 11.3 Å². The van der Waals surface area contributed by atoms with Crippen LogP contribution in [0.15, 0.2) is 28.7 Å². The Hall–Kier alpha value is -1.51. The molecule has 0 aliphatic heterocycles. The molecule has 0 bridgehead atoms. The molecule has 0 saturated carbocycles. The van der Waals surface area contributed by atoms with Crippen LogP contribution in [0.3, 0.4) is 0 Å². The quantitative estimate of drug-likeness (QED) is 0.537. The molecule has 13 heavy (non-hydrogen) atoms. The minimum absolute atomic E-state index is 0.400. The van der Waals surface area contributed by atoms with Crippen molar-refractivity contribution < 1.29 is 4.79 Å². The van der Waals surface area contributed by atoms with Crippen molar-refractivity contribution in [3.05, 3.63) is 29.3 Å². The van der Waals surface area contributed by atoms with Gasteiger partial charge in [-0.25, -0.2) is 14.8 Å². The second kappa shape index (κ2) is 3.47. The number of fused-ring (bicyclic) bond motifs is 1. The molecule has 1 aromatic heterocycles. The lowest BCUT2D eigenvalue weighted by molar-refractivity contribution is 0.563. The van der Waals surface area contributed by atoms with Crippen molar-refractivity contribution in [2.45, 2.75) is 6.54 Å². The number of aromatic nitrogens is 1. The third-order valence-corrected chi connectivity index (χ3v) is 2.51. The van der Waals surface area contributed by atoms with Crippen LogP contribution in [0, 0.1) is 0 Å². The summed E-state index contributed by atoms with van der Waals surface area (Å²) in [6, 6.07) is 5.85. The van der Waals surface area contributed by atoms with E-state index >= 15 is 0 Å². The maximum absolute atomic E-state index is 9.89. The molecule has 0 saturated heterocycles. The molecule has 0 spiro atoms. The molecule has 2 rings (SSSR count). The Kier molecular flexibility index (Phi) is 2.17. The average Bonchev–Trinajstić information content (AvgIpc) is 2.61. The first-order chi connectivity index (χ1) is 6.40. The minimum Gasteiger partial charge on any atom is -0.245 e. The number of thiazole rings is 1. The number of nitrogens with zero attached hydrogens (tertiary/aromatic N) is 2. The van der Waals surface area contributed by atoms with Crippen molar-refractivity contribution in [2.24, 2.45) is 4.99 Å². The summed E-state index contributed by atoms with van der Waals surface area (Å²) in [6.45, 7) is 0.400. The van der Waals surface area contributed by atoms with E-state index in [1.54, 1.807) is 16.8 Å². The van der Waals surface area contributed by atoms with Gasteiger partial charge in [-0.3, -0.25) is 0 Å². The summed E-state index contributed by atoms with van der Waals surface area (Å²) < 4.78 is 1.12. The zero-order chi connectivity index (χ0) is 9.10. The maximum Gasteiger partial charge on any atom is 0.235 e. The Bertz CT molecular complexity index is 471. The fraction of sp³-hybridized carbons (Fsp3) is 0.111. The first kappa shape index (κ1) is 8.10. The summed E-state index contributed by atoms with van der Waals surface area (Å²) in [6.07, 6.45) is 1.52. The highest BCUT2D eigenvalue weighted by Gasteiger charge is 1.97. The van der Waals surface area contributed by atoms with E-state index in [9.17, 15) is 4.79 Å². The van der Waals surface area contributed by atoms with Gasteiger partial charge in [0.15, 0.2) is 0 Å². The lowest BCUT2D eigenvalue weighted by atomic mass is 10.2. The molecule has 0 amide bonds. The number of carbonyl (C=O) groups excluding carboxylic acids is 1. The van der Waals surface area contributed by atoms with Crippen LogP contribution >= 0.6 is 11.3 Å². The predicted octanol–water partition coefficient (Wildman–Crippen LogP) is 2.13. The molecule has 0 aliphatic rings. The summed E-state index contributed by atoms with van der Waals surface area (Å²) in [5, 5.41) is 0. The summed E-state index contributed by atoms with van der Waals surface area (Å²) in [4.78, 5) is 17.6. The molecule has 0 fully saturated rings. The molecule has 0 N–H and O–H groups in total. The Morgan fingerprint density at radius 3 is 3.31 bits per heavy atom. The fourth-order valence-corrected chi connectivity index (χ4v) is 1.86. The Morgan fingerprint density at radius 2 is 2.46 bits per heavy atom. The van der Waals surface area contributed by atoms with Crippen LogP contribution in [0.5, 0.6) is 0 Å². The van der Waals surface area contributed by atoms with Crippen molar-refractivity contribution >= 4 is 27.6 Å². The van der Waals surface area contributed by atoms with E-state index in [1.807, 2.05) is 18.2 Å². The molecule has 1 aromatic carbocycles. The number of aliphatic imine (C=N–C) groups is 1. The molecule has 1 heterocycles. The second-order valence-electron chi connectivity index (χ2n) is 2.56. The second-order valence-corrected chi connectivity index (χ2v) is 3.45. The highest BCUT2D eigenvalue weighted by molar-refractivity contribution is 7.16. The van der Waals surface area contributed by atoms with E-state index in [0.29, 0.717) is 6.54 Å². The number of benzene rings is 1. The molecule has 0 aliphatic carbocycles. The number of hydrogen-bond acceptors (Lipinski definition) is 4. The van der Waals surface area contributed by atoms with Gasteiger partial charge in [0.05, 0.1) is 22.3 Å². The Morgan fingerprint density at radius 1 is 1.54 bits per heavy atom. The summed E-state index contributed by atoms with van der Waals surface area (Å²) >= 11 is 1.58. The molecule has 64 valence electrons. The number of hydrogen-bond donors (Lipinski definition) is 0. The predicted molar refractivity (Wildman–Crippen MR) is 51.4 cm³/mol. The van der Waals surface area contributed by atoms with Crippen LogP contribution in [0.1, 0.15) is 5.56 Å². The summed E-state index contributed by atoms with van der Waals surface area (Å²) in [5.41, 5.74) is 3.81. The molecule has 3 nitrogen and oxygen atoms in total. The van der Waals surface area contributed by atoms with E-state index in [-0.39, 0.29) is 0 Å². The van der Waals surface area contributed by atoms with E-state index in [2.05, 4.69) is 9.98 Å². The first-order valence-electron chi connectivity index (χ1n) is 3.76. The zero-order valence-electron chi connectivity index (χ0n) is 6.73. The van der Waals surface area contributed by atoms with Crippen LogP contribution in [0.25, 0.3) is 10.2 Å². The molecule has 4 heteroatoms. The van der Waals surface area contributed by atoms with Gasteiger partial charge in [-0.1, -0.05) is 6.07 Å². The van der Waals surface area contributed by atoms with Gasteiger partial charge in [-0.05, 0) is 17.7 Å². The van der Waals surface area contributed by atoms with Gasteiger partial charge in [0, 0.05) is 0 Å². The maximum atomic E-state index is 9.89. The largest absolute Gasteiger partial charge is 0.245 e. The Balaban J connectivity index is 2.42. The third-order valence-electron chi connectivity index (χ3n) is 1.72. The van der Waals surface area contributed by atoms with Gasteiger partial charge >= 0.3 is 0 Å². The van der Waals surface area contributed by atoms with E-state index in [0.717, 1.165) is 15.8 Å². The highest BCUT2D eigenvalue weighted by Crippen LogP contribution is 2.19. The number of isocyanates is 1. The lowest BCUT2D eigenvalue weighted by Gasteiger charge is -1.93. The van der Waals surface area contributed by atoms with Crippen molar-refractivity contribution in [1.29, 1.82) is 0 Å². The monoisotopic (exact) mass is 190 g/mol. The van der Waals surface area contributed by atoms with E-state index in [4.69, 9.17) is 0 Å². The first-order valence-corrected chi connectivity index (χ1v) is 4.64. The van der Waals surface area contributed by atoms with Crippen molar-refractivity contribution in [3.8, 4) is 0 Å². The van der Waals surface area contributed by atoms with Gasteiger partial charge in [0.2, 0.25) is 6.08 Å². The molecule has 0 unspecified atom stereocenters. The Labute approximate surface area is 78.8 Å². The van der Waals surface area contributed by atoms with Gasteiger partial charge in [0.25, 0.3) is 0 Å². The SMILES string of the molecule is O=C=NCc1ccc2ncsc2c1. The molecular weight excluding hydrogens is 184 g/mol. The topological polar surface area (TPSA) is 42.3 Å². The molecule has 2 aromatic rings. The normalized spacial score (nSPS) is 9.85. The van der Waals surface area contributed by atoms with E-state index in [1.165, 1.54) is 6.08 Å². The summed E-state index contributed by atoms with van der Waals surface area (Å²) in [7, 11) is 0. The third kappa shape index (κ3) is 1.64. The summed E-state index contributed by atoms with van der Waals surface area (Å²) in [5.74, 6) is 0. The van der Waals surface area contributed by atoms with Crippen molar-refractivity contribution in [2.75, 3.05) is 0 Å². The molecule has 0 radical (unpaired) electrons. The van der Waals surface area contributed by atoms with Crippen molar-refractivity contribution in [1.82, 2.24) is 4.98 Å². The van der Waals surface area contributed by atoms with Gasteiger partial charge in [-0.2, -0.15) is 0 Å². The average molecular weight is 190 g/mol. The minimum atomic E-state index is 0.400. The van der Waals surface area contributed by atoms with Crippen LogP contribution < -0.4 is 0 Å². The van der Waals surface area contributed by atoms with Crippen LogP contribution in [-0.4, -0.2) is 11.1 Å². The highest BCUT2D eigenvalue weighted by atomic mass is 32.1. The smallest absolute Gasteiger partial charge is 0.235 e. The standard InChI is InChI=1S/C9H6N2OS/c12-5-10-4-7-1-2-8-9(3-7)13-6-11-8/h1-3,6H,4H2. The van der Waals surface area contributed by atoms with Gasteiger partial charge in [0.1, 0.15) is 0 Å². The fourth-order valence-electron chi connectivity index (χ4n) is 1.12. The van der Waals surface area contributed by atoms with Gasteiger partial charge in [-0.15, -0.1) is 11.3 Å². The zero-order valence-corrected chi connectivity index (χ0v) is 7.54. The van der Waals surface area contributed by atoms with Crippen LogP contribution in [0.2, 0.25) is 0 Å².